The Balaban J connectivity index is 2.95. The lowest BCUT2D eigenvalue weighted by Crippen LogP contribution is -2.46. The molecule has 0 aliphatic carbocycles. The quantitative estimate of drug-likeness (QED) is 0.803. The van der Waals surface area contributed by atoms with Crippen molar-refractivity contribution in [2.24, 2.45) is 0 Å². The minimum Gasteiger partial charge on any atom is -0.476 e. The molecule has 0 aliphatic rings. The maximum absolute atomic E-state index is 12.3. The summed E-state index contributed by atoms with van der Waals surface area (Å²) in [7, 11) is -2.86. The maximum Gasteiger partial charge on any atom is 0.356 e. The molecule has 1 rings (SSSR count). The predicted octanol–water partition coefficient (Wildman–Crippen LogP) is 0.376. The zero-order chi connectivity index (χ0) is 16.4. The molecule has 1 aromatic rings. The van der Waals surface area contributed by atoms with Crippen molar-refractivity contribution < 1.29 is 23.1 Å². The zero-order valence-electron chi connectivity index (χ0n) is 12.1. The average Bonchev–Trinajstić information content (AvgIpc) is 2.75. The highest BCUT2D eigenvalue weighted by molar-refractivity contribution is 7.91. The van der Waals surface area contributed by atoms with Crippen LogP contribution in [0.5, 0.6) is 0 Å². The lowest BCUT2D eigenvalue weighted by molar-refractivity contribution is -0.122. The Kier molecular flexibility index (Phi) is 5.07. The lowest BCUT2D eigenvalue weighted by Gasteiger charge is -2.23. The number of hydrogen-bond acceptors (Lipinski definition) is 6. The molecule has 0 bridgehead atoms. The van der Waals surface area contributed by atoms with Crippen LogP contribution in [0, 0.1) is 0 Å². The SMILES string of the molecule is CN(CC(=O)NC(C)(C)C)S(=O)(=O)c1scnc1C(=O)O. The van der Waals surface area contributed by atoms with Gasteiger partial charge in [-0.1, -0.05) is 0 Å². The van der Waals surface area contributed by atoms with Crippen molar-refractivity contribution in [3.05, 3.63) is 11.2 Å². The van der Waals surface area contributed by atoms with Gasteiger partial charge in [0.2, 0.25) is 5.91 Å². The first-order chi connectivity index (χ1) is 9.45. The van der Waals surface area contributed by atoms with E-state index in [1.54, 1.807) is 20.8 Å². The second kappa shape index (κ2) is 6.08. The minimum atomic E-state index is -4.07. The van der Waals surface area contributed by atoms with Gasteiger partial charge < -0.3 is 10.4 Å². The molecule has 1 aromatic heterocycles. The fourth-order valence-electron chi connectivity index (χ4n) is 1.45. The van der Waals surface area contributed by atoms with Crippen molar-refractivity contribution in [3.63, 3.8) is 0 Å². The summed E-state index contributed by atoms with van der Waals surface area (Å²) < 4.78 is 25.0. The molecule has 21 heavy (non-hydrogen) atoms. The Morgan fingerprint density at radius 2 is 2.00 bits per heavy atom. The van der Waals surface area contributed by atoms with Crippen LogP contribution < -0.4 is 5.32 Å². The van der Waals surface area contributed by atoms with E-state index in [0.717, 1.165) is 9.82 Å². The fourth-order valence-corrected chi connectivity index (χ4v) is 3.90. The van der Waals surface area contributed by atoms with Crippen molar-refractivity contribution >= 4 is 33.2 Å². The number of nitrogens with one attached hydrogen (secondary N) is 1. The van der Waals surface area contributed by atoms with E-state index in [1.165, 1.54) is 7.05 Å². The fraction of sp³-hybridized carbons (Fsp3) is 0.545. The van der Waals surface area contributed by atoms with Crippen molar-refractivity contribution in [3.8, 4) is 0 Å². The Bertz CT molecular complexity index is 645. The van der Waals surface area contributed by atoms with Gasteiger partial charge in [0.1, 0.15) is 0 Å². The molecule has 0 fully saturated rings. The van der Waals surface area contributed by atoms with E-state index in [9.17, 15) is 18.0 Å². The highest BCUT2D eigenvalue weighted by Crippen LogP contribution is 2.23. The van der Waals surface area contributed by atoms with E-state index in [4.69, 9.17) is 5.11 Å². The molecular weight excluding hydrogens is 318 g/mol. The number of carboxylic acids is 1. The molecule has 1 heterocycles. The highest BCUT2D eigenvalue weighted by atomic mass is 32.2. The lowest BCUT2D eigenvalue weighted by atomic mass is 10.1. The van der Waals surface area contributed by atoms with Crippen molar-refractivity contribution in [1.82, 2.24) is 14.6 Å². The number of hydrogen-bond donors (Lipinski definition) is 2. The topological polar surface area (TPSA) is 117 Å². The van der Waals surface area contributed by atoms with Gasteiger partial charge in [0.05, 0.1) is 12.1 Å². The Hall–Kier alpha value is -1.52. The van der Waals surface area contributed by atoms with Crippen LogP contribution in [0.1, 0.15) is 31.3 Å². The van der Waals surface area contributed by atoms with Crippen LogP contribution in [0.4, 0.5) is 0 Å². The third-order valence-electron chi connectivity index (χ3n) is 2.26. The number of rotatable bonds is 5. The Labute approximate surface area is 126 Å². The number of aromatic nitrogens is 1. The van der Waals surface area contributed by atoms with E-state index < -0.39 is 39.7 Å². The molecule has 0 aromatic carbocycles. The van der Waals surface area contributed by atoms with Gasteiger partial charge in [0, 0.05) is 12.6 Å². The van der Waals surface area contributed by atoms with Crippen molar-refractivity contribution in [1.29, 1.82) is 0 Å². The normalized spacial score (nSPS) is 12.4. The number of amides is 1. The Morgan fingerprint density at radius 3 is 2.48 bits per heavy atom. The molecule has 0 unspecified atom stereocenters. The molecule has 1 amide bonds. The molecule has 0 spiro atoms. The minimum absolute atomic E-state index is 0.388. The number of aromatic carboxylic acids is 1. The predicted molar refractivity (Wildman–Crippen MR) is 76.8 cm³/mol. The third-order valence-corrected chi connectivity index (χ3v) is 5.41. The standard InChI is InChI=1S/C11H17N3O5S2/c1-11(2,3)13-7(15)5-14(4)21(18,19)10-8(9(16)17)12-6-20-10/h6H,5H2,1-4H3,(H,13,15)(H,16,17). The van der Waals surface area contributed by atoms with Crippen LogP contribution >= 0.6 is 11.3 Å². The molecule has 0 radical (unpaired) electrons. The number of carbonyl (C=O) groups excluding carboxylic acids is 1. The summed E-state index contributed by atoms with van der Waals surface area (Å²) >= 11 is 0.700. The number of likely N-dealkylation sites (N-methyl/N-ethyl adjacent to an activating group) is 1. The number of thiazole rings is 1. The summed E-state index contributed by atoms with van der Waals surface area (Å²) in [6.07, 6.45) is 0. The number of carboxylic acid groups (broad SMARTS) is 1. The molecule has 0 atom stereocenters. The zero-order valence-corrected chi connectivity index (χ0v) is 13.7. The van der Waals surface area contributed by atoms with Crippen LogP contribution in [0.3, 0.4) is 0 Å². The molecule has 118 valence electrons. The summed E-state index contributed by atoms with van der Waals surface area (Å²) in [5.74, 6) is -1.91. The van der Waals surface area contributed by atoms with Crippen molar-refractivity contribution in [2.45, 2.75) is 30.5 Å². The highest BCUT2D eigenvalue weighted by Gasteiger charge is 2.31. The van der Waals surface area contributed by atoms with Crippen LogP contribution in [0.25, 0.3) is 0 Å². The summed E-state index contributed by atoms with van der Waals surface area (Å²) in [6.45, 7) is 4.90. The van der Waals surface area contributed by atoms with E-state index >= 15 is 0 Å². The van der Waals surface area contributed by atoms with Gasteiger partial charge in [-0.05, 0) is 20.8 Å². The van der Waals surface area contributed by atoms with E-state index in [2.05, 4.69) is 10.3 Å². The number of carbonyl (C=O) groups is 2. The summed E-state index contributed by atoms with van der Waals surface area (Å²) in [6, 6.07) is 0. The van der Waals surface area contributed by atoms with Crippen LogP contribution in [-0.4, -0.2) is 53.8 Å². The maximum atomic E-state index is 12.3. The first-order valence-electron chi connectivity index (χ1n) is 5.89. The van der Waals surface area contributed by atoms with Gasteiger partial charge in [-0.25, -0.2) is 18.2 Å². The van der Waals surface area contributed by atoms with Gasteiger partial charge >= 0.3 is 5.97 Å². The van der Waals surface area contributed by atoms with Gasteiger partial charge in [0.25, 0.3) is 10.0 Å². The van der Waals surface area contributed by atoms with Crippen molar-refractivity contribution in [2.75, 3.05) is 13.6 Å². The largest absolute Gasteiger partial charge is 0.476 e. The summed E-state index contributed by atoms with van der Waals surface area (Å²) in [5, 5.41) is 11.5. The molecule has 0 saturated carbocycles. The third kappa shape index (κ3) is 4.48. The molecule has 0 saturated heterocycles. The average molecular weight is 335 g/mol. The second-order valence-corrected chi connectivity index (χ2v) is 8.45. The molecule has 2 N–H and O–H groups in total. The first kappa shape index (κ1) is 17.5. The van der Waals surface area contributed by atoms with E-state index in [-0.39, 0.29) is 4.21 Å². The van der Waals surface area contributed by atoms with E-state index in [1.807, 2.05) is 0 Å². The van der Waals surface area contributed by atoms with Gasteiger partial charge in [-0.15, -0.1) is 11.3 Å². The van der Waals surface area contributed by atoms with Crippen LogP contribution in [0.15, 0.2) is 9.72 Å². The molecule has 8 nitrogen and oxygen atoms in total. The van der Waals surface area contributed by atoms with Gasteiger partial charge in [-0.3, -0.25) is 4.79 Å². The monoisotopic (exact) mass is 335 g/mol. The molecule has 0 aliphatic heterocycles. The smallest absolute Gasteiger partial charge is 0.356 e. The van der Waals surface area contributed by atoms with Crippen LogP contribution in [0.2, 0.25) is 0 Å². The molecule has 10 heteroatoms. The van der Waals surface area contributed by atoms with Gasteiger partial charge in [0.15, 0.2) is 9.90 Å². The van der Waals surface area contributed by atoms with Gasteiger partial charge in [-0.2, -0.15) is 4.31 Å². The number of nitrogens with zero attached hydrogens (tertiary/aromatic N) is 2. The first-order valence-corrected chi connectivity index (χ1v) is 8.21. The number of sulfonamides is 1. The van der Waals surface area contributed by atoms with Crippen LogP contribution in [-0.2, 0) is 14.8 Å². The molecular formula is C11H17N3O5S2. The second-order valence-electron chi connectivity index (χ2n) is 5.35. The summed E-state index contributed by atoms with van der Waals surface area (Å²) in [5.41, 5.74) is 0.112. The Morgan fingerprint density at radius 1 is 1.43 bits per heavy atom. The summed E-state index contributed by atoms with van der Waals surface area (Å²) in [4.78, 5) is 26.2. The van der Waals surface area contributed by atoms with E-state index in [0.29, 0.717) is 11.3 Å².